The third kappa shape index (κ3) is 4.79. The molecule has 5 nitrogen and oxygen atoms in total. The van der Waals surface area contributed by atoms with Gasteiger partial charge in [0, 0.05) is 10.3 Å². The van der Waals surface area contributed by atoms with E-state index in [1.54, 1.807) is 0 Å². The van der Waals surface area contributed by atoms with Crippen LogP contribution >= 0.6 is 0 Å². The van der Waals surface area contributed by atoms with Gasteiger partial charge in [0.05, 0.1) is 0 Å². The van der Waals surface area contributed by atoms with E-state index in [0.29, 0.717) is 0 Å². The molecule has 0 aliphatic rings. The van der Waals surface area contributed by atoms with Crippen molar-refractivity contribution in [1.82, 2.24) is 0 Å². The van der Waals surface area contributed by atoms with Crippen LogP contribution in [0.15, 0.2) is 12.7 Å². The second-order valence-electron chi connectivity index (χ2n) is 1.00. The zero-order valence-corrected chi connectivity index (χ0v) is 4.53. The highest BCUT2D eigenvalue weighted by Crippen LogP contribution is 1.83. The van der Waals surface area contributed by atoms with E-state index in [0.717, 1.165) is 0 Å². The summed E-state index contributed by atoms with van der Waals surface area (Å²) in [5.41, 5.74) is 0. The molecule has 0 aliphatic carbocycles. The zero-order valence-electron chi connectivity index (χ0n) is 4.53. The van der Waals surface area contributed by atoms with Crippen molar-refractivity contribution < 1.29 is 24.7 Å². The van der Waals surface area contributed by atoms with Gasteiger partial charge in [-0.25, -0.2) is 9.68 Å². The lowest BCUT2D eigenvalue weighted by Gasteiger charge is -1.94. The second-order valence-corrected chi connectivity index (χ2v) is 1.00. The maximum atomic E-state index is 9.98. The molecule has 0 bridgehead atoms. The van der Waals surface area contributed by atoms with E-state index in [1.807, 2.05) is 0 Å². The Morgan fingerprint density at radius 2 is 2.33 bits per heavy atom. The number of carbonyl (C=O) groups is 1. The highest BCUT2D eigenvalue weighted by atomic mass is 17.5. The quantitative estimate of drug-likeness (QED) is 0.245. The summed E-state index contributed by atoms with van der Waals surface area (Å²) in [4.78, 5) is 13.4. The first-order chi connectivity index (χ1) is 4.31. The van der Waals surface area contributed by atoms with Gasteiger partial charge in [0.25, 0.3) is 0 Å². The lowest BCUT2D eigenvalue weighted by Crippen LogP contribution is -2.05. The summed E-state index contributed by atoms with van der Waals surface area (Å²) >= 11 is 0. The van der Waals surface area contributed by atoms with E-state index >= 15 is 0 Å². The molecular formula is C4H5O5. The monoisotopic (exact) mass is 133 g/mol. The molecular weight excluding hydrogens is 128 g/mol. The van der Waals surface area contributed by atoms with Crippen molar-refractivity contribution in [1.29, 1.82) is 0 Å². The number of ether oxygens (including phenoxy) is 1. The normalized spacial score (nSPS) is 8.11. The fourth-order valence-electron chi connectivity index (χ4n) is 0.179. The second kappa shape index (κ2) is 5.07. The molecule has 0 fully saturated rings. The van der Waals surface area contributed by atoms with Gasteiger partial charge in [-0.05, 0) is 0 Å². The molecule has 51 valence electrons. The van der Waals surface area contributed by atoms with E-state index in [1.165, 1.54) is 6.08 Å². The van der Waals surface area contributed by atoms with Gasteiger partial charge in [0.1, 0.15) is 6.61 Å². The van der Waals surface area contributed by atoms with Gasteiger partial charge in [-0.15, -0.1) is 0 Å². The summed E-state index contributed by atoms with van der Waals surface area (Å²) in [5.74, 6) is 0. The van der Waals surface area contributed by atoms with Crippen LogP contribution in [0.25, 0.3) is 0 Å². The fourth-order valence-corrected chi connectivity index (χ4v) is 0.179. The van der Waals surface area contributed by atoms with Gasteiger partial charge in [-0.1, -0.05) is 12.7 Å². The minimum Gasteiger partial charge on any atom is -0.428 e. The van der Waals surface area contributed by atoms with Crippen LogP contribution in [0.3, 0.4) is 0 Å². The van der Waals surface area contributed by atoms with Crippen molar-refractivity contribution >= 4 is 6.16 Å². The van der Waals surface area contributed by atoms with Crippen molar-refractivity contribution in [2.45, 2.75) is 0 Å². The first-order valence-electron chi connectivity index (χ1n) is 2.05. The number of hydrogen-bond donors (Lipinski definition) is 0. The van der Waals surface area contributed by atoms with Gasteiger partial charge >= 0.3 is 6.16 Å². The maximum absolute atomic E-state index is 9.98. The van der Waals surface area contributed by atoms with Crippen molar-refractivity contribution in [2.24, 2.45) is 0 Å². The third-order valence-electron chi connectivity index (χ3n) is 0.421. The Bertz CT molecular complexity index is 99.1. The molecule has 0 rings (SSSR count). The molecule has 0 aromatic rings. The lowest BCUT2D eigenvalue weighted by atomic mass is 10.7. The molecule has 0 aromatic heterocycles. The summed E-state index contributed by atoms with van der Waals surface area (Å²) in [5, 5.41) is 11.8. The summed E-state index contributed by atoms with van der Waals surface area (Å²) < 4.78 is 4.13. The van der Waals surface area contributed by atoms with Crippen LogP contribution in [0, 0.1) is 0 Å². The van der Waals surface area contributed by atoms with E-state index in [9.17, 15) is 4.79 Å². The van der Waals surface area contributed by atoms with Crippen molar-refractivity contribution in [2.75, 3.05) is 6.61 Å². The molecule has 0 saturated heterocycles. The summed E-state index contributed by atoms with van der Waals surface area (Å²) in [6, 6.07) is 0. The molecule has 5 heteroatoms. The SMILES string of the molecule is C=CCOC(=O)OO[O]. The number of hydrogen-bond acceptors (Lipinski definition) is 4. The summed E-state index contributed by atoms with van der Waals surface area (Å²) in [6.07, 6.45) is 0.149. The van der Waals surface area contributed by atoms with Crippen LogP contribution in [0.1, 0.15) is 0 Å². The van der Waals surface area contributed by atoms with Crippen LogP contribution in [0.4, 0.5) is 4.79 Å². The highest BCUT2D eigenvalue weighted by Gasteiger charge is 2.01. The van der Waals surface area contributed by atoms with Crippen molar-refractivity contribution in [3.63, 3.8) is 0 Å². The Morgan fingerprint density at radius 1 is 1.67 bits per heavy atom. The third-order valence-corrected chi connectivity index (χ3v) is 0.421. The molecule has 0 spiro atoms. The molecule has 0 saturated carbocycles. The predicted molar refractivity (Wildman–Crippen MR) is 24.4 cm³/mol. The van der Waals surface area contributed by atoms with E-state index in [2.05, 4.69) is 21.2 Å². The molecule has 0 aliphatic heterocycles. The Kier molecular flexibility index (Phi) is 4.47. The van der Waals surface area contributed by atoms with E-state index < -0.39 is 6.16 Å². The lowest BCUT2D eigenvalue weighted by molar-refractivity contribution is -0.500. The van der Waals surface area contributed by atoms with Crippen LogP contribution in [-0.4, -0.2) is 12.8 Å². The van der Waals surface area contributed by atoms with Crippen LogP contribution in [0.5, 0.6) is 0 Å². The smallest absolute Gasteiger partial charge is 0.428 e. The fraction of sp³-hybridized carbons (Fsp3) is 0.250. The van der Waals surface area contributed by atoms with Gasteiger partial charge in [0.2, 0.25) is 0 Å². The molecule has 0 unspecified atom stereocenters. The minimum atomic E-state index is -1.18. The van der Waals surface area contributed by atoms with Crippen LogP contribution in [0.2, 0.25) is 0 Å². The van der Waals surface area contributed by atoms with Crippen LogP contribution in [-0.2, 0) is 19.9 Å². The van der Waals surface area contributed by atoms with Crippen molar-refractivity contribution in [3.05, 3.63) is 12.7 Å². The first-order valence-corrected chi connectivity index (χ1v) is 2.05. The summed E-state index contributed by atoms with van der Waals surface area (Å²) in [6.45, 7) is 3.23. The van der Waals surface area contributed by atoms with Gasteiger partial charge in [-0.3, -0.25) is 0 Å². The minimum absolute atomic E-state index is 0.0117. The van der Waals surface area contributed by atoms with Gasteiger partial charge < -0.3 is 4.74 Å². The van der Waals surface area contributed by atoms with Gasteiger partial charge in [-0.2, -0.15) is 0 Å². The zero-order chi connectivity index (χ0) is 7.11. The number of carbonyl (C=O) groups excluding carboxylic acids is 1. The van der Waals surface area contributed by atoms with Gasteiger partial charge in [0.15, 0.2) is 0 Å². The molecule has 0 heterocycles. The van der Waals surface area contributed by atoms with E-state index in [-0.39, 0.29) is 6.61 Å². The number of rotatable bonds is 3. The Balaban J connectivity index is 3.16. The standard InChI is InChI=1S/C4H5O5/c1-2-3-7-4(5)8-9-6/h2H,1,3H2. The van der Waals surface area contributed by atoms with Crippen molar-refractivity contribution in [3.8, 4) is 0 Å². The Hall–Kier alpha value is -1.07. The first kappa shape index (κ1) is 7.93. The molecule has 1 radical (unpaired) electrons. The Labute approximate surface area is 51.3 Å². The molecule has 0 amide bonds. The highest BCUT2D eigenvalue weighted by molar-refractivity contribution is 5.58. The van der Waals surface area contributed by atoms with Crippen LogP contribution < -0.4 is 0 Å². The largest absolute Gasteiger partial charge is 0.543 e. The van der Waals surface area contributed by atoms with E-state index in [4.69, 9.17) is 5.26 Å². The Morgan fingerprint density at radius 3 is 2.78 bits per heavy atom. The average molecular weight is 133 g/mol. The average Bonchev–Trinajstić information content (AvgIpc) is 1.85. The molecule has 0 aromatic carbocycles. The molecule has 0 atom stereocenters. The molecule has 9 heavy (non-hydrogen) atoms. The summed E-state index contributed by atoms with van der Waals surface area (Å²) in [7, 11) is 0. The predicted octanol–water partition coefficient (Wildman–Crippen LogP) is 0.603. The topological polar surface area (TPSA) is 64.7 Å². The molecule has 0 N–H and O–H groups in total. The maximum Gasteiger partial charge on any atom is 0.543 e.